The first-order valence-electron chi connectivity index (χ1n) is 9.92. The molecule has 170 valence electrons. The molecule has 1 amide bonds. The van der Waals surface area contributed by atoms with E-state index >= 15 is 0 Å². The number of likely N-dealkylation sites (N-methyl/N-ethyl adjacent to an activating group) is 1. The molecule has 1 aromatic carbocycles. The van der Waals surface area contributed by atoms with E-state index in [1.54, 1.807) is 47.4 Å². The molecule has 1 aromatic rings. The lowest BCUT2D eigenvalue weighted by atomic mass is 10.2. The second-order valence-electron chi connectivity index (χ2n) is 6.91. The molecule has 0 spiro atoms. The minimum atomic E-state index is -4.27. The SMILES string of the molecule is CCCCN1C(C)=CSC1=C1SC(SC)=[N+](CC)C1=O.Cc1ccc(S(=O)(=O)[O-])cc1. The molecule has 2 aliphatic rings. The van der Waals surface area contributed by atoms with Gasteiger partial charge in [-0.15, -0.1) is 4.58 Å². The summed E-state index contributed by atoms with van der Waals surface area (Å²) in [7, 11) is -4.27. The van der Waals surface area contributed by atoms with Crippen molar-refractivity contribution in [3.8, 4) is 0 Å². The van der Waals surface area contributed by atoms with Crippen LogP contribution in [0.2, 0.25) is 0 Å². The topological polar surface area (TPSA) is 80.5 Å². The van der Waals surface area contributed by atoms with Crippen LogP contribution in [0.5, 0.6) is 0 Å². The lowest BCUT2D eigenvalue weighted by molar-refractivity contribution is -0.433. The summed E-state index contributed by atoms with van der Waals surface area (Å²) in [6.45, 7) is 9.91. The molecule has 0 fully saturated rings. The van der Waals surface area contributed by atoms with Crippen molar-refractivity contribution in [2.24, 2.45) is 0 Å². The standard InChI is InChI=1S/C14H21N2OS3.C7H8O3S/c1-5-7-8-16-10(3)9-19-13(16)11-12(17)15(6-2)14(18-4)20-11;1-6-2-4-7(5-3-6)11(8,9)10/h9H,5-8H2,1-4H3;2-5H,1H3,(H,8,9,10)/q+1;/p-1. The maximum absolute atomic E-state index is 12.6. The second-order valence-corrected chi connectivity index (χ2v) is 11.2. The molecule has 0 bridgehead atoms. The molecule has 10 heteroatoms. The minimum absolute atomic E-state index is 0.161. The number of carbonyl (C=O) groups excluding carboxylic acids is 1. The van der Waals surface area contributed by atoms with Gasteiger partial charge in [-0.3, -0.25) is 0 Å². The number of rotatable bonds is 5. The fourth-order valence-corrected chi connectivity index (χ4v) is 6.47. The van der Waals surface area contributed by atoms with E-state index in [0.29, 0.717) is 0 Å². The summed E-state index contributed by atoms with van der Waals surface area (Å²) in [5, 5.41) is 3.27. The third-order valence-electron chi connectivity index (χ3n) is 4.59. The van der Waals surface area contributed by atoms with Gasteiger partial charge in [0.25, 0.3) is 4.38 Å². The Kier molecular flexibility index (Phi) is 9.75. The normalized spacial score (nSPS) is 19.0. The van der Waals surface area contributed by atoms with Gasteiger partial charge in [0.1, 0.15) is 15.1 Å². The Morgan fingerprint density at radius 3 is 2.29 bits per heavy atom. The van der Waals surface area contributed by atoms with Gasteiger partial charge >= 0.3 is 5.91 Å². The molecule has 2 heterocycles. The molecule has 0 aliphatic carbocycles. The highest BCUT2D eigenvalue weighted by molar-refractivity contribution is 8.40. The zero-order chi connectivity index (χ0) is 23.2. The number of benzene rings is 1. The molecule has 0 atom stereocenters. The van der Waals surface area contributed by atoms with E-state index in [1.165, 1.54) is 24.3 Å². The van der Waals surface area contributed by atoms with Gasteiger partial charge in [0.2, 0.25) is 0 Å². The Morgan fingerprint density at radius 1 is 1.16 bits per heavy atom. The molecule has 3 rings (SSSR count). The van der Waals surface area contributed by atoms with Gasteiger partial charge in [-0.1, -0.05) is 54.6 Å². The summed E-state index contributed by atoms with van der Waals surface area (Å²) in [5.74, 6) is 0.161. The zero-order valence-corrected chi connectivity index (χ0v) is 21.6. The molecular formula is C21H28N2O4S4. The number of unbranched alkanes of at least 4 members (excludes halogenated alkanes) is 1. The van der Waals surface area contributed by atoms with Crippen LogP contribution in [0, 0.1) is 6.92 Å². The van der Waals surface area contributed by atoms with Crippen molar-refractivity contribution < 1.29 is 22.3 Å². The Balaban J connectivity index is 0.000000262. The predicted octanol–water partition coefficient (Wildman–Crippen LogP) is 4.79. The van der Waals surface area contributed by atoms with Crippen molar-refractivity contribution in [3.63, 3.8) is 0 Å². The number of amides is 1. The van der Waals surface area contributed by atoms with Crippen LogP contribution in [0.25, 0.3) is 0 Å². The predicted molar refractivity (Wildman–Crippen MR) is 131 cm³/mol. The van der Waals surface area contributed by atoms with E-state index in [1.807, 2.05) is 24.7 Å². The van der Waals surface area contributed by atoms with E-state index in [9.17, 15) is 17.8 Å². The molecule has 31 heavy (non-hydrogen) atoms. The zero-order valence-electron chi connectivity index (χ0n) is 18.4. The molecule has 0 saturated heterocycles. The molecule has 0 unspecified atom stereocenters. The monoisotopic (exact) mass is 500 g/mol. The number of carbonyl (C=O) groups is 1. The lowest BCUT2D eigenvalue weighted by Gasteiger charge is -2.21. The summed E-state index contributed by atoms with van der Waals surface area (Å²) in [5.41, 5.74) is 2.18. The smallest absolute Gasteiger partial charge is 0.430 e. The van der Waals surface area contributed by atoms with Crippen molar-refractivity contribution in [1.29, 1.82) is 0 Å². The van der Waals surface area contributed by atoms with Crippen molar-refractivity contribution in [2.45, 2.75) is 45.4 Å². The van der Waals surface area contributed by atoms with E-state index in [-0.39, 0.29) is 10.8 Å². The van der Waals surface area contributed by atoms with E-state index < -0.39 is 10.1 Å². The number of aryl methyl sites for hydroxylation is 1. The molecule has 0 aromatic heterocycles. The molecule has 2 aliphatic heterocycles. The first-order valence-corrected chi connectivity index (χ1v) is 14.2. The number of thioether (sulfide) groups is 3. The van der Waals surface area contributed by atoms with E-state index in [4.69, 9.17) is 0 Å². The first-order chi connectivity index (χ1) is 14.6. The van der Waals surface area contributed by atoms with Crippen LogP contribution in [0.1, 0.15) is 39.2 Å². The molecule has 0 N–H and O–H groups in total. The number of hydrogen-bond acceptors (Lipinski definition) is 8. The highest BCUT2D eigenvalue weighted by Gasteiger charge is 2.41. The van der Waals surface area contributed by atoms with Crippen molar-refractivity contribution in [3.05, 3.63) is 50.9 Å². The van der Waals surface area contributed by atoms with Crippen molar-refractivity contribution in [1.82, 2.24) is 4.90 Å². The third kappa shape index (κ3) is 6.64. The maximum atomic E-state index is 12.6. The molecule has 6 nitrogen and oxygen atoms in total. The average Bonchev–Trinajstić information content (AvgIpc) is 3.25. The fourth-order valence-electron chi connectivity index (χ4n) is 2.85. The van der Waals surface area contributed by atoms with Crippen LogP contribution in [0.3, 0.4) is 0 Å². The van der Waals surface area contributed by atoms with Crippen LogP contribution < -0.4 is 0 Å². The van der Waals surface area contributed by atoms with Gasteiger partial charge in [0.15, 0.2) is 11.4 Å². The van der Waals surface area contributed by atoms with Crippen LogP contribution in [0.4, 0.5) is 0 Å². The fraction of sp³-hybridized carbons (Fsp3) is 0.429. The lowest BCUT2D eigenvalue weighted by Crippen LogP contribution is -2.23. The minimum Gasteiger partial charge on any atom is -0.744 e. The largest absolute Gasteiger partial charge is 0.744 e. The van der Waals surface area contributed by atoms with Gasteiger partial charge in [0, 0.05) is 24.0 Å². The Hall–Kier alpha value is -1.20. The first kappa shape index (κ1) is 26.1. The van der Waals surface area contributed by atoms with Crippen LogP contribution in [0.15, 0.2) is 50.2 Å². The Bertz CT molecular complexity index is 1010. The number of nitrogens with zero attached hydrogens (tertiary/aromatic N) is 2. The van der Waals surface area contributed by atoms with Crippen molar-refractivity contribution in [2.75, 3.05) is 19.3 Å². The third-order valence-corrected chi connectivity index (χ3v) is 8.96. The summed E-state index contributed by atoms with van der Waals surface area (Å²) < 4.78 is 34.1. The van der Waals surface area contributed by atoms with E-state index in [0.717, 1.165) is 39.4 Å². The quantitative estimate of drug-likeness (QED) is 0.324. The van der Waals surface area contributed by atoms with Crippen LogP contribution in [-0.2, 0) is 14.9 Å². The van der Waals surface area contributed by atoms with Gasteiger partial charge < -0.3 is 9.45 Å². The van der Waals surface area contributed by atoms with Gasteiger partial charge in [-0.25, -0.2) is 13.2 Å². The second kappa shape index (κ2) is 11.6. The highest BCUT2D eigenvalue weighted by atomic mass is 32.2. The summed E-state index contributed by atoms with van der Waals surface area (Å²) >= 11 is 4.97. The summed E-state index contributed by atoms with van der Waals surface area (Å²) in [6.07, 6.45) is 4.35. The van der Waals surface area contributed by atoms with Crippen molar-refractivity contribution >= 4 is 55.7 Å². The maximum Gasteiger partial charge on any atom is 0.430 e. The van der Waals surface area contributed by atoms with Gasteiger partial charge in [0.05, 0.1) is 4.90 Å². The Labute approximate surface area is 198 Å². The van der Waals surface area contributed by atoms with Crippen LogP contribution >= 0.6 is 35.3 Å². The van der Waals surface area contributed by atoms with Gasteiger partial charge in [-0.05, 0) is 51.0 Å². The average molecular weight is 501 g/mol. The van der Waals surface area contributed by atoms with E-state index in [2.05, 4.69) is 24.2 Å². The summed E-state index contributed by atoms with van der Waals surface area (Å²) in [6, 6.07) is 5.78. The number of allylic oxidation sites excluding steroid dienone is 1. The van der Waals surface area contributed by atoms with Crippen LogP contribution in [-0.4, -0.2) is 52.1 Å². The molecular weight excluding hydrogens is 473 g/mol. The van der Waals surface area contributed by atoms with Gasteiger partial charge in [-0.2, -0.15) is 0 Å². The Morgan fingerprint density at radius 2 is 1.81 bits per heavy atom. The highest BCUT2D eigenvalue weighted by Crippen LogP contribution is 2.43. The molecule has 0 radical (unpaired) electrons. The molecule has 0 saturated carbocycles. The summed E-state index contributed by atoms with van der Waals surface area (Å²) in [4.78, 5) is 15.6. The number of hydrogen-bond donors (Lipinski definition) is 0.